The Labute approximate surface area is 181 Å². The Morgan fingerprint density at radius 3 is 2.90 bits per heavy atom. The topological polar surface area (TPSA) is 107 Å². The van der Waals surface area contributed by atoms with Crippen LogP contribution in [0.1, 0.15) is 32.3 Å². The second kappa shape index (κ2) is 8.45. The molecule has 8 heteroatoms. The Bertz CT molecular complexity index is 974. The summed E-state index contributed by atoms with van der Waals surface area (Å²) in [6.45, 7) is 5.32. The molecular formula is C23H28N4O4. The summed E-state index contributed by atoms with van der Waals surface area (Å²) in [5, 5.41) is 2.79. The van der Waals surface area contributed by atoms with Crippen molar-refractivity contribution in [2.24, 2.45) is 11.7 Å². The highest BCUT2D eigenvalue weighted by molar-refractivity contribution is 5.91. The van der Waals surface area contributed by atoms with E-state index in [4.69, 9.17) is 15.2 Å². The number of amides is 2. The van der Waals surface area contributed by atoms with Crippen LogP contribution in [0.2, 0.25) is 0 Å². The summed E-state index contributed by atoms with van der Waals surface area (Å²) in [7, 11) is 0. The van der Waals surface area contributed by atoms with E-state index in [1.807, 2.05) is 43.0 Å². The fourth-order valence-corrected chi connectivity index (χ4v) is 4.11. The van der Waals surface area contributed by atoms with Gasteiger partial charge < -0.3 is 25.4 Å². The lowest BCUT2D eigenvalue weighted by atomic mass is 9.97. The molecule has 2 aliphatic rings. The zero-order chi connectivity index (χ0) is 22.0. The van der Waals surface area contributed by atoms with Gasteiger partial charge in [0.2, 0.25) is 5.91 Å². The minimum atomic E-state index is -0.281. The number of hydrogen-bond donors (Lipinski definition) is 2. The van der Waals surface area contributed by atoms with Crippen LogP contribution in [0.15, 0.2) is 36.5 Å². The largest absolute Gasteiger partial charge is 0.483 e. The minimum absolute atomic E-state index is 0.131. The number of anilines is 2. The number of aromatic nitrogens is 1. The Morgan fingerprint density at radius 1 is 1.32 bits per heavy atom. The summed E-state index contributed by atoms with van der Waals surface area (Å²) < 4.78 is 11.7. The number of nitrogens with two attached hydrogens (primary N) is 1. The molecule has 2 aromatic rings. The van der Waals surface area contributed by atoms with Crippen molar-refractivity contribution in [1.82, 2.24) is 4.98 Å². The van der Waals surface area contributed by atoms with Crippen molar-refractivity contribution in [2.75, 3.05) is 29.9 Å². The maximum absolute atomic E-state index is 12.4. The van der Waals surface area contributed by atoms with Gasteiger partial charge in [0.1, 0.15) is 11.4 Å². The highest BCUT2D eigenvalue weighted by Crippen LogP contribution is 2.41. The fourth-order valence-electron chi connectivity index (χ4n) is 4.11. The Morgan fingerprint density at radius 2 is 2.16 bits per heavy atom. The molecule has 1 saturated heterocycles. The number of primary amides is 1. The van der Waals surface area contributed by atoms with Crippen molar-refractivity contribution in [3.8, 4) is 11.5 Å². The lowest BCUT2D eigenvalue weighted by Gasteiger charge is -2.32. The van der Waals surface area contributed by atoms with Crippen LogP contribution in [0.4, 0.5) is 11.5 Å². The normalized spacial score (nSPS) is 19.3. The molecule has 1 aromatic carbocycles. The lowest BCUT2D eigenvalue weighted by Crippen LogP contribution is -2.41. The molecular weight excluding hydrogens is 396 g/mol. The quantitative estimate of drug-likeness (QED) is 0.738. The number of ether oxygens (including phenoxy) is 2. The van der Waals surface area contributed by atoms with E-state index < -0.39 is 0 Å². The van der Waals surface area contributed by atoms with Crippen molar-refractivity contribution in [1.29, 1.82) is 0 Å². The van der Waals surface area contributed by atoms with Gasteiger partial charge in [-0.15, -0.1) is 0 Å². The third kappa shape index (κ3) is 4.90. The first kappa shape index (κ1) is 21.0. The van der Waals surface area contributed by atoms with Gasteiger partial charge in [0.05, 0.1) is 17.8 Å². The van der Waals surface area contributed by atoms with Crippen LogP contribution >= 0.6 is 0 Å². The predicted molar refractivity (Wildman–Crippen MR) is 117 cm³/mol. The number of para-hydroxylation sites is 1. The van der Waals surface area contributed by atoms with Crippen LogP contribution in [0.3, 0.4) is 0 Å². The van der Waals surface area contributed by atoms with E-state index in [-0.39, 0.29) is 29.9 Å². The van der Waals surface area contributed by atoms with Crippen LogP contribution in [-0.4, -0.2) is 42.1 Å². The average Bonchev–Trinajstić information content (AvgIpc) is 3.07. The van der Waals surface area contributed by atoms with Gasteiger partial charge >= 0.3 is 0 Å². The van der Waals surface area contributed by atoms with E-state index in [9.17, 15) is 9.59 Å². The Kier molecular flexibility index (Phi) is 5.71. The lowest BCUT2D eigenvalue weighted by molar-refractivity contribution is -0.122. The van der Waals surface area contributed by atoms with E-state index in [0.29, 0.717) is 23.7 Å². The van der Waals surface area contributed by atoms with Gasteiger partial charge in [-0.1, -0.05) is 12.1 Å². The highest BCUT2D eigenvalue weighted by atomic mass is 16.5. The summed E-state index contributed by atoms with van der Waals surface area (Å²) >= 11 is 0. The number of carbonyl (C=O) groups excluding carboxylic acids is 2. The molecule has 1 unspecified atom stereocenters. The molecule has 4 rings (SSSR count). The molecule has 31 heavy (non-hydrogen) atoms. The summed E-state index contributed by atoms with van der Waals surface area (Å²) in [5.74, 6) is 1.34. The van der Waals surface area contributed by atoms with Crippen LogP contribution in [0.5, 0.6) is 11.5 Å². The smallest absolute Gasteiger partial charge is 0.262 e. The van der Waals surface area contributed by atoms with Crippen LogP contribution in [-0.2, 0) is 16.0 Å². The first-order valence-corrected chi connectivity index (χ1v) is 10.5. The molecule has 0 aliphatic carbocycles. The Balaban J connectivity index is 1.32. The second-order valence-corrected chi connectivity index (χ2v) is 8.71. The van der Waals surface area contributed by atoms with Crippen LogP contribution < -0.4 is 25.4 Å². The van der Waals surface area contributed by atoms with Crippen molar-refractivity contribution in [3.05, 3.63) is 42.1 Å². The number of nitrogens with zero attached hydrogens (tertiary/aromatic N) is 2. The SMILES string of the molecule is CC1(C)Cc2cccc(OCC(=O)Nc3ccc(N4CCCC(C(N)=O)C4)nc3)c2O1. The number of fused-ring (bicyclic) bond motifs is 1. The molecule has 0 bridgehead atoms. The van der Waals surface area contributed by atoms with Gasteiger partial charge in [0.15, 0.2) is 18.1 Å². The van der Waals surface area contributed by atoms with Gasteiger partial charge in [-0.3, -0.25) is 9.59 Å². The number of piperidine rings is 1. The molecule has 2 aliphatic heterocycles. The van der Waals surface area contributed by atoms with E-state index in [0.717, 1.165) is 37.2 Å². The summed E-state index contributed by atoms with van der Waals surface area (Å²) in [5.41, 5.74) is 6.83. The van der Waals surface area contributed by atoms with Gasteiger partial charge in [-0.05, 0) is 44.9 Å². The van der Waals surface area contributed by atoms with Crippen molar-refractivity contribution in [3.63, 3.8) is 0 Å². The number of nitrogens with one attached hydrogen (secondary N) is 1. The van der Waals surface area contributed by atoms with Gasteiger partial charge in [0.25, 0.3) is 5.91 Å². The van der Waals surface area contributed by atoms with Crippen LogP contribution in [0, 0.1) is 5.92 Å². The van der Waals surface area contributed by atoms with E-state index in [1.165, 1.54) is 0 Å². The maximum Gasteiger partial charge on any atom is 0.262 e. The molecule has 8 nitrogen and oxygen atoms in total. The highest BCUT2D eigenvalue weighted by Gasteiger charge is 2.32. The molecule has 3 heterocycles. The number of benzene rings is 1. The first-order valence-electron chi connectivity index (χ1n) is 10.5. The zero-order valence-electron chi connectivity index (χ0n) is 17.9. The monoisotopic (exact) mass is 424 g/mol. The van der Waals surface area contributed by atoms with Gasteiger partial charge in [-0.25, -0.2) is 4.98 Å². The van der Waals surface area contributed by atoms with Crippen LogP contribution in [0.25, 0.3) is 0 Å². The van der Waals surface area contributed by atoms with Gasteiger partial charge in [-0.2, -0.15) is 0 Å². The van der Waals surface area contributed by atoms with E-state index >= 15 is 0 Å². The van der Waals surface area contributed by atoms with E-state index in [2.05, 4.69) is 10.3 Å². The predicted octanol–water partition coefficient (Wildman–Crippen LogP) is 2.51. The Hall–Kier alpha value is -3.29. The minimum Gasteiger partial charge on any atom is -0.483 e. The third-order valence-corrected chi connectivity index (χ3v) is 5.59. The summed E-state index contributed by atoms with van der Waals surface area (Å²) in [4.78, 5) is 30.3. The number of carbonyl (C=O) groups is 2. The molecule has 1 atom stereocenters. The fraction of sp³-hybridized carbons (Fsp3) is 0.435. The standard InChI is InChI=1S/C23H28N4O4/c1-23(2)11-15-5-3-7-18(21(15)31-23)30-14-20(28)26-17-8-9-19(25-12-17)27-10-4-6-16(13-27)22(24)29/h3,5,7-9,12,16H,4,6,10-11,13-14H2,1-2H3,(H2,24,29)(H,26,28). The zero-order valence-corrected chi connectivity index (χ0v) is 17.9. The van der Waals surface area contributed by atoms with Crippen molar-refractivity contribution in [2.45, 2.75) is 38.7 Å². The number of pyridine rings is 1. The van der Waals surface area contributed by atoms with Crippen molar-refractivity contribution >= 4 is 23.3 Å². The second-order valence-electron chi connectivity index (χ2n) is 8.71. The maximum atomic E-state index is 12.4. The number of hydrogen-bond acceptors (Lipinski definition) is 6. The van der Waals surface area contributed by atoms with E-state index in [1.54, 1.807) is 12.3 Å². The molecule has 0 spiro atoms. The summed E-state index contributed by atoms with van der Waals surface area (Å²) in [6, 6.07) is 9.35. The van der Waals surface area contributed by atoms with Crippen molar-refractivity contribution < 1.29 is 19.1 Å². The summed E-state index contributed by atoms with van der Waals surface area (Å²) in [6.07, 6.45) is 4.12. The van der Waals surface area contributed by atoms with Gasteiger partial charge in [0, 0.05) is 25.1 Å². The molecule has 0 saturated carbocycles. The molecule has 3 N–H and O–H groups in total. The first-order chi connectivity index (χ1) is 14.8. The molecule has 1 fully saturated rings. The number of rotatable bonds is 6. The average molecular weight is 425 g/mol. The molecule has 1 aromatic heterocycles. The molecule has 2 amide bonds. The molecule has 0 radical (unpaired) electrons. The third-order valence-electron chi connectivity index (χ3n) is 5.59. The molecule has 164 valence electrons.